The second kappa shape index (κ2) is 10.8. The van der Waals surface area contributed by atoms with Crippen molar-refractivity contribution < 1.29 is 13.2 Å². The predicted octanol–water partition coefficient (Wildman–Crippen LogP) is 3.90. The van der Waals surface area contributed by atoms with Gasteiger partial charge in [0.05, 0.1) is 29.6 Å². The first-order valence-corrected chi connectivity index (χ1v) is 14.0. The summed E-state index contributed by atoms with van der Waals surface area (Å²) in [6, 6.07) is 25.3. The number of sulfonamides is 1. The van der Waals surface area contributed by atoms with Gasteiger partial charge in [-0.1, -0.05) is 48.2 Å². The summed E-state index contributed by atoms with van der Waals surface area (Å²) in [7, 11) is -1.97. The van der Waals surface area contributed by atoms with Gasteiger partial charge in [0.15, 0.2) is 0 Å². The molecule has 3 aromatic carbocycles. The molecule has 0 bridgehead atoms. The van der Waals surface area contributed by atoms with Crippen LogP contribution in [0, 0.1) is 0 Å². The number of benzene rings is 3. The standard InChI is InChI=1S/C27H26N4O4S2/c1-35-22-12-14-23(15-13-22)36-26-25(20-28-31(27(26)32)21-8-4-2-5-9-21)29-16-18-30(19-17-29)37(33,34)24-10-6-3-7-11-24/h2-15,20H,16-19H2,1H3. The summed E-state index contributed by atoms with van der Waals surface area (Å²) in [5.74, 6) is 0.733. The Bertz CT molecular complexity index is 1520. The summed E-state index contributed by atoms with van der Waals surface area (Å²) in [6.07, 6.45) is 1.70. The number of hydrogen-bond donors (Lipinski definition) is 0. The molecule has 5 rings (SSSR count). The normalized spacial score (nSPS) is 14.5. The Morgan fingerprint density at radius 1 is 0.838 bits per heavy atom. The van der Waals surface area contributed by atoms with E-state index in [1.165, 1.54) is 20.7 Å². The molecule has 0 atom stereocenters. The quantitative estimate of drug-likeness (QED) is 0.356. The highest BCUT2D eigenvalue weighted by atomic mass is 32.2. The average Bonchev–Trinajstić information content (AvgIpc) is 2.95. The molecule has 4 aromatic rings. The highest BCUT2D eigenvalue weighted by Crippen LogP contribution is 2.34. The summed E-state index contributed by atoms with van der Waals surface area (Å²) < 4.78 is 34.3. The molecule has 0 unspecified atom stereocenters. The van der Waals surface area contributed by atoms with Crippen LogP contribution in [0.5, 0.6) is 5.75 Å². The van der Waals surface area contributed by atoms with Gasteiger partial charge >= 0.3 is 0 Å². The number of para-hydroxylation sites is 1. The van der Waals surface area contributed by atoms with Gasteiger partial charge in [-0.25, -0.2) is 8.42 Å². The van der Waals surface area contributed by atoms with Crippen LogP contribution in [-0.4, -0.2) is 55.8 Å². The lowest BCUT2D eigenvalue weighted by molar-refractivity contribution is 0.384. The van der Waals surface area contributed by atoms with Gasteiger partial charge in [0.25, 0.3) is 5.56 Å². The van der Waals surface area contributed by atoms with Crippen molar-refractivity contribution in [3.05, 3.63) is 101 Å². The lowest BCUT2D eigenvalue weighted by Crippen LogP contribution is -2.49. The Morgan fingerprint density at radius 2 is 1.46 bits per heavy atom. The Morgan fingerprint density at radius 3 is 2.08 bits per heavy atom. The van der Waals surface area contributed by atoms with Crippen LogP contribution in [-0.2, 0) is 10.0 Å². The summed E-state index contributed by atoms with van der Waals surface area (Å²) in [5, 5.41) is 4.47. The monoisotopic (exact) mass is 534 g/mol. The van der Waals surface area contributed by atoms with Crippen molar-refractivity contribution >= 4 is 27.5 Å². The molecule has 0 saturated carbocycles. The number of aromatic nitrogens is 2. The first-order chi connectivity index (χ1) is 18.0. The topological polar surface area (TPSA) is 84.7 Å². The molecule has 1 aromatic heterocycles. The predicted molar refractivity (Wildman–Crippen MR) is 144 cm³/mol. The van der Waals surface area contributed by atoms with E-state index in [1.54, 1.807) is 43.6 Å². The summed E-state index contributed by atoms with van der Waals surface area (Å²) in [6.45, 7) is 1.51. The van der Waals surface area contributed by atoms with Gasteiger partial charge in [-0.3, -0.25) is 4.79 Å². The molecule has 190 valence electrons. The van der Waals surface area contributed by atoms with E-state index in [-0.39, 0.29) is 10.5 Å². The Kier molecular flexibility index (Phi) is 7.31. The minimum absolute atomic E-state index is 0.233. The van der Waals surface area contributed by atoms with Crippen LogP contribution in [0.15, 0.2) is 111 Å². The fourth-order valence-electron chi connectivity index (χ4n) is 4.18. The largest absolute Gasteiger partial charge is 0.497 e. The van der Waals surface area contributed by atoms with Crippen LogP contribution < -0.4 is 15.2 Å². The first-order valence-electron chi connectivity index (χ1n) is 11.8. The minimum atomic E-state index is -3.58. The molecule has 0 amide bonds. The maximum atomic E-state index is 13.7. The van der Waals surface area contributed by atoms with E-state index in [0.717, 1.165) is 10.6 Å². The fourth-order valence-corrected chi connectivity index (χ4v) is 6.59. The Balaban J connectivity index is 1.46. The number of hydrogen-bond acceptors (Lipinski definition) is 7. The highest BCUT2D eigenvalue weighted by molar-refractivity contribution is 7.99. The summed E-state index contributed by atoms with van der Waals surface area (Å²) in [5.41, 5.74) is 1.13. The molecule has 1 saturated heterocycles. The molecule has 37 heavy (non-hydrogen) atoms. The molecule has 0 radical (unpaired) electrons. The molecule has 0 N–H and O–H groups in total. The van der Waals surface area contributed by atoms with Gasteiger partial charge in [-0.2, -0.15) is 14.1 Å². The zero-order valence-corrected chi connectivity index (χ0v) is 21.9. The maximum absolute atomic E-state index is 13.7. The number of piperazine rings is 1. The van der Waals surface area contributed by atoms with Crippen LogP contribution in [0.2, 0.25) is 0 Å². The van der Waals surface area contributed by atoms with Crippen molar-refractivity contribution in [3.63, 3.8) is 0 Å². The number of nitrogens with zero attached hydrogens (tertiary/aromatic N) is 4. The number of methoxy groups -OCH3 is 1. The second-order valence-corrected chi connectivity index (χ2v) is 11.4. The van der Waals surface area contributed by atoms with Gasteiger partial charge < -0.3 is 9.64 Å². The van der Waals surface area contributed by atoms with E-state index < -0.39 is 10.0 Å². The van der Waals surface area contributed by atoms with E-state index in [4.69, 9.17) is 4.74 Å². The molecular weight excluding hydrogens is 508 g/mol. The van der Waals surface area contributed by atoms with Gasteiger partial charge in [-0.15, -0.1) is 0 Å². The van der Waals surface area contributed by atoms with Crippen molar-refractivity contribution in [1.82, 2.24) is 14.1 Å². The van der Waals surface area contributed by atoms with E-state index in [2.05, 4.69) is 5.10 Å². The van der Waals surface area contributed by atoms with Crippen LogP contribution >= 0.6 is 11.8 Å². The molecule has 1 aliphatic heterocycles. The van der Waals surface area contributed by atoms with Gasteiger partial charge in [-0.05, 0) is 48.5 Å². The zero-order chi connectivity index (χ0) is 25.8. The van der Waals surface area contributed by atoms with E-state index in [0.29, 0.717) is 42.4 Å². The van der Waals surface area contributed by atoms with Crippen molar-refractivity contribution in [3.8, 4) is 11.4 Å². The van der Waals surface area contributed by atoms with Crippen molar-refractivity contribution in [2.75, 3.05) is 38.2 Å². The van der Waals surface area contributed by atoms with E-state index in [9.17, 15) is 13.2 Å². The minimum Gasteiger partial charge on any atom is -0.497 e. The summed E-state index contributed by atoms with van der Waals surface area (Å²) in [4.78, 5) is 17.4. The van der Waals surface area contributed by atoms with Crippen molar-refractivity contribution in [2.24, 2.45) is 0 Å². The average molecular weight is 535 g/mol. The van der Waals surface area contributed by atoms with Gasteiger partial charge in [0.2, 0.25) is 10.0 Å². The zero-order valence-electron chi connectivity index (χ0n) is 20.2. The Labute approximate surface area is 220 Å². The third-order valence-electron chi connectivity index (χ3n) is 6.16. The fraction of sp³-hybridized carbons (Fsp3) is 0.185. The van der Waals surface area contributed by atoms with E-state index >= 15 is 0 Å². The molecule has 0 aliphatic carbocycles. The molecule has 10 heteroatoms. The number of anilines is 1. The third-order valence-corrected chi connectivity index (χ3v) is 9.16. The van der Waals surface area contributed by atoms with Gasteiger partial charge in [0.1, 0.15) is 10.6 Å². The van der Waals surface area contributed by atoms with Crippen molar-refractivity contribution in [2.45, 2.75) is 14.7 Å². The van der Waals surface area contributed by atoms with E-state index in [1.807, 2.05) is 59.5 Å². The molecule has 2 heterocycles. The third kappa shape index (κ3) is 5.27. The van der Waals surface area contributed by atoms with Crippen molar-refractivity contribution in [1.29, 1.82) is 0 Å². The first kappa shape index (κ1) is 25.1. The highest BCUT2D eigenvalue weighted by Gasteiger charge is 2.30. The lowest BCUT2D eigenvalue weighted by Gasteiger charge is -2.35. The molecule has 1 fully saturated rings. The summed E-state index contributed by atoms with van der Waals surface area (Å²) >= 11 is 1.36. The van der Waals surface area contributed by atoms with Crippen LogP contribution in [0.1, 0.15) is 0 Å². The molecular formula is C27H26N4O4S2. The SMILES string of the molecule is COc1ccc(Sc2c(N3CCN(S(=O)(=O)c4ccccc4)CC3)cnn(-c3ccccc3)c2=O)cc1. The lowest BCUT2D eigenvalue weighted by atomic mass is 10.3. The number of ether oxygens (including phenoxy) is 1. The van der Waals surface area contributed by atoms with Crippen LogP contribution in [0.25, 0.3) is 5.69 Å². The van der Waals surface area contributed by atoms with Crippen LogP contribution in [0.3, 0.4) is 0 Å². The van der Waals surface area contributed by atoms with Crippen LogP contribution in [0.4, 0.5) is 5.69 Å². The molecule has 0 spiro atoms. The molecule has 1 aliphatic rings. The Hall–Kier alpha value is -3.60. The van der Waals surface area contributed by atoms with Gasteiger partial charge in [0, 0.05) is 31.1 Å². The maximum Gasteiger partial charge on any atom is 0.287 e. The second-order valence-electron chi connectivity index (χ2n) is 8.39. The smallest absolute Gasteiger partial charge is 0.287 e. The molecule has 8 nitrogen and oxygen atoms in total. The number of rotatable bonds is 7.